The van der Waals surface area contributed by atoms with E-state index in [2.05, 4.69) is 10.3 Å². The van der Waals surface area contributed by atoms with E-state index in [1.54, 1.807) is 29.1 Å². The molecule has 0 bridgehead atoms. The van der Waals surface area contributed by atoms with Crippen molar-refractivity contribution in [3.05, 3.63) is 72.6 Å². The first-order valence-electron chi connectivity index (χ1n) is 8.03. The van der Waals surface area contributed by atoms with Gasteiger partial charge in [0.1, 0.15) is 11.6 Å². The first-order valence-corrected chi connectivity index (χ1v) is 8.03. The molecule has 0 unspecified atom stereocenters. The van der Waals surface area contributed by atoms with Gasteiger partial charge in [0.05, 0.1) is 24.5 Å². The quantitative estimate of drug-likeness (QED) is 0.796. The van der Waals surface area contributed by atoms with E-state index in [0.29, 0.717) is 24.4 Å². The van der Waals surface area contributed by atoms with Crippen LogP contribution in [0.25, 0.3) is 5.69 Å². The highest BCUT2D eigenvalue weighted by atomic mass is 19.1. The number of ether oxygens (including phenoxy) is 1. The summed E-state index contributed by atoms with van der Waals surface area (Å²) in [5.41, 5.74) is 1.67. The summed E-state index contributed by atoms with van der Waals surface area (Å²) in [6.07, 6.45) is 5.36. The van der Waals surface area contributed by atoms with E-state index < -0.39 is 5.82 Å². The van der Waals surface area contributed by atoms with Crippen LogP contribution in [0, 0.1) is 5.82 Å². The zero-order valence-electron chi connectivity index (χ0n) is 13.4. The van der Waals surface area contributed by atoms with Gasteiger partial charge in [-0.2, -0.15) is 0 Å². The third-order valence-corrected chi connectivity index (χ3v) is 4.27. The van der Waals surface area contributed by atoms with Crippen molar-refractivity contribution >= 4 is 11.6 Å². The van der Waals surface area contributed by atoms with Crippen molar-refractivity contribution in [3.63, 3.8) is 0 Å². The number of carbonyl (C=O) groups excluding carboxylic acids is 1. The Bertz CT molecular complexity index is 909. The smallest absolute Gasteiger partial charge is 0.232 e. The minimum Gasteiger partial charge on any atom is -0.493 e. The molecule has 25 heavy (non-hydrogen) atoms. The van der Waals surface area contributed by atoms with Gasteiger partial charge in [-0.25, -0.2) is 9.37 Å². The molecule has 1 N–H and O–H groups in total. The summed E-state index contributed by atoms with van der Waals surface area (Å²) in [5.74, 6) is -0.161. The number of para-hydroxylation sites is 1. The molecule has 0 saturated carbocycles. The van der Waals surface area contributed by atoms with E-state index in [1.807, 2.05) is 24.3 Å². The van der Waals surface area contributed by atoms with E-state index >= 15 is 0 Å². The van der Waals surface area contributed by atoms with Crippen molar-refractivity contribution < 1.29 is 13.9 Å². The van der Waals surface area contributed by atoms with E-state index in [4.69, 9.17) is 4.74 Å². The van der Waals surface area contributed by atoms with Gasteiger partial charge in [-0.3, -0.25) is 4.79 Å². The average Bonchev–Trinajstić information content (AvgIpc) is 3.15. The zero-order chi connectivity index (χ0) is 17.2. The fourth-order valence-electron chi connectivity index (χ4n) is 3.04. The van der Waals surface area contributed by atoms with Crippen molar-refractivity contribution in [1.29, 1.82) is 0 Å². The van der Waals surface area contributed by atoms with Gasteiger partial charge in [0.2, 0.25) is 5.91 Å². The molecule has 6 heteroatoms. The Morgan fingerprint density at radius 1 is 1.28 bits per heavy atom. The number of benzene rings is 2. The van der Waals surface area contributed by atoms with Gasteiger partial charge < -0.3 is 14.6 Å². The van der Waals surface area contributed by atoms with Gasteiger partial charge in [0.15, 0.2) is 0 Å². The third kappa shape index (κ3) is 2.98. The second kappa shape index (κ2) is 6.39. The zero-order valence-corrected chi connectivity index (χ0v) is 13.4. The Morgan fingerprint density at radius 2 is 2.16 bits per heavy atom. The maximum absolute atomic E-state index is 14.3. The number of nitrogens with one attached hydrogen (secondary N) is 1. The van der Waals surface area contributed by atoms with Gasteiger partial charge in [-0.05, 0) is 30.7 Å². The number of halogens is 1. The lowest BCUT2D eigenvalue weighted by molar-refractivity contribution is -0.118. The number of rotatable bonds is 3. The molecular formula is C19H16FN3O2. The number of aromatic nitrogens is 2. The molecule has 1 atom stereocenters. The maximum atomic E-state index is 14.3. The van der Waals surface area contributed by atoms with Gasteiger partial charge >= 0.3 is 0 Å². The number of hydrogen-bond donors (Lipinski definition) is 1. The molecule has 0 aliphatic carbocycles. The highest BCUT2D eigenvalue weighted by Crippen LogP contribution is 2.34. The number of carbonyl (C=O) groups is 1. The predicted octanol–water partition coefficient (Wildman–Crippen LogP) is 3.52. The van der Waals surface area contributed by atoms with Crippen LogP contribution >= 0.6 is 0 Å². The first-order chi connectivity index (χ1) is 12.2. The SMILES string of the molecule is O=C(Nc1ccc(-n2ccnc2)c(F)c1)[C@@H]1CCOc2ccccc21. The first kappa shape index (κ1) is 15.4. The summed E-state index contributed by atoms with van der Waals surface area (Å²) in [4.78, 5) is 16.6. The van der Waals surface area contributed by atoms with Gasteiger partial charge in [-0.15, -0.1) is 0 Å². The number of hydrogen-bond acceptors (Lipinski definition) is 3. The molecule has 3 aromatic rings. The molecular weight excluding hydrogens is 321 g/mol. The highest BCUT2D eigenvalue weighted by molar-refractivity contribution is 5.96. The molecule has 4 rings (SSSR count). The third-order valence-electron chi connectivity index (χ3n) is 4.27. The summed E-state index contributed by atoms with van der Waals surface area (Å²) in [6, 6.07) is 12.1. The van der Waals surface area contributed by atoms with Crippen LogP contribution in [0.15, 0.2) is 61.2 Å². The minimum absolute atomic E-state index is 0.162. The fourth-order valence-corrected chi connectivity index (χ4v) is 3.04. The van der Waals surface area contributed by atoms with Crippen LogP contribution in [-0.2, 0) is 4.79 Å². The van der Waals surface area contributed by atoms with Crippen molar-refractivity contribution in [2.45, 2.75) is 12.3 Å². The molecule has 2 aromatic carbocycles. The van der Waals surface area contributed by atoms with Gasteiger partial charge in [0.25, 0.3) is 0 Å². The average molecular weight is 337 g/mol. The molecule has 1 amide bonds. The summed E-state index contributed by atoms with van der Waals surface area (Å²) in [7, 11) is 0. The molecule has 2 heterocycles. The van der Waals surface area contributed by atoms with Crippen molar-refractivity contribution in [1.82, 2.24) is 9.55 Å². The van der Waals surface area contributed by atoms with E-state index in [-0.39, 0.29) is 11.8 Å². The van der Waals surface area contributed by atoms with Gasteiger partial charge in [-0.1, -0.05) is 18.2 Å². The summed E-state index contributed by atoms with van der Waals surface area (Å²) >= 11 is 0. The van der Waals surface area contributed by atoms with Crippen LogP contribution in [-0.4, -0.2) is 22.1 Å². The lowest BCUT2D eigenvalue weighted by Gasteiger charge is -2.25. The van der Waals surface area contributed by atoms with E-state index in [0.717, 1.165) is 11.3 Å². The Labute approximate surface area is 144 Å². The Hall–Kier alpha value is -3.15. The molecule has 0 saturated heterocycles. The van der Waals surface area contributed by atoms with Crippen LogP contribution in [0.2, 0.25) is 0 Å². The molecule has 0 fully saturated rings. The van der Waals surface area contributed by atoms with Crippen LogP contribution < -0.4 is 10.1 Å². The number of amides is 1. The normalized spacial score (nSPS) is 16.0. The molecule has 5 nitrogen and oxygen atoms in total. The molecule has 0 spiro atoms. The Morgan fingerprint density at radius 3 is 2.96 bits per heavy atom. The molecule has 1 aliphatic heterocycles. The van der Waals surface area contributed by atoms with Crippen LogP contribution in [0.4, 0.5) is 10.1 Å². The van der Waals surface area contributed by atoms with Crippen molar-refractivity contribution in [2.75, 3.05) is 11.9 Å². The summed E-state index contributed by atoms with van der Waals surface area (Å²) in [6.45, 7) is 0.489. The Balaban J connectivity index is 1.55. The van der Waals surface area contributed by atoms with Crippen molar-refractivity contribution in [2.24, 2.45) is 0 Å². The lowest BCUT2D eigenvalue weighted by Crippen LogP contribution is -2.26. The van der Waals surface area contributed by atoms with E-state index in [1.165, 1.54) is 12.4 Å². The summed E-state index contributed by atoms with van der Waals surface area (Å²) in [5, 5.41) is 2.81. The topological polar surface area (TPSA) is 56.2 Å². The number of nitrogens with zero attached hydrogens (tertiary/aromatic N) is 2. The van der Waals surface area contributed by atoms with Crippen molar-refractivity contribution in [3.8, 4) is 11.4 Å². The van der Waals surface area contributed by atoms with E-state index in [9.17, 15) is 9.18 Å². The van der Waals surface area contributed by atoms with Crippen LogP contribution in [0.1, 0.15) is 17.9 Å². The molecule has 1 aromatic heterocycles. The number of fused-ring (bicyclic) bond motifs is 1. The molecule has 126 valence electrons. The maximum Gasteiger partial charge on any atom is 0.232 e. The predicted molar refractivity (Wildman–Crippen MR) is 91.4 cm³/mol. The summed E-state index contributed by atoms with van der Waals surface area (Å²) < 4.78 is 21.5. The molecule has 1 aliphatic rings. The second-order valence-electron chi connectivity index (χ2n) is 5.85. The largest absolute Gasteiger partial charge is 0.493 e. The fraction of sp³-hybridized carbons (Fsp3) is 0.158. The minimum atomic E-state index is -0.428. The lowest BCUT2D eigenvalue weighted by atomic mass is 9.92. The highest BCUT2D eigenvalue weighted by Gasteiger charge is 2.27. The Kier molecular flexibility index (Phi) is 3.93. The number of imidazole rings is 1. The monoisotopic (exact) mass is 337 g/mol. The number of anilines is 1. The van der Waals surface area contributed by atoms with Crippen LogP contribution in [0.5, 0.6) is 5.75 Å². The second-order valence-corrected chi connectivity index (χ2v) is 5.85. The van der Waals surface area contributed by atoms with Crippen LogP contribution in [0.3, 0.4) is 0 Å². The standard InChI is InChI=1S/C19H16FN3O2/c20-16-11-13(5-6-17(16)23-9-8-21-12-23)22-19(24)15-7-10-25-18-4-2-1-3-14(15)18/h1-6,8-9,11-12,15H,7,10H2,(H,22,24)/t15-/m1/s1. The molecule has 0 radical (unpaired) electrons. The van der Waals surface area contributed by atoms with Gasteiger partial charge in [0, 0.05) is 23.6 Å².